The Bertz CT molecular complexity index is 366. The van der Waals surface area contributed by atoms with Gasteiger partial charge in [0.1, 0.15) is 0 Å². The third kappa shape index (κ3) is 2.11. The second-order valence-electron chi connectivity index (χ2n) is 3.69. The fourth-order valence-electron chi connectivity index (χ4n) is 1.75. The lowest BCUT2D eigenvalue weighted by Crippen LogP contribution is -2.08. The zero-order valence-corrected chi connectivity index (χ0v) is 8.85. The average molecular weight is 205 g/mol. The van der Waals surface area contributed by atoms with Gasteiger partial charge in [0.15, 0.2) is 0 Å². The van der Waals surface area contributed by atoms with Gasteiger partial charge in [-0.2, -0.15) is 0 Å². The summed E-state index contributed by atoms with van der Waals surface area (Å²) in [7, 11) is 0. The molecule has 0 atom stereocenters. The van der Waals surface area contributed by atoms with Crippen molar-refractivity contribution in [2.45, 2.75) is 25.2 Å². The van der Waals surface area contributed by atoms with Crippen LogP contribution in [0.3, 0.4) is 0 Å². The molecule has 0 radical (unpaired) electrons. The summed E-state index contributed by atoms with van der Waals surface area (Å²) < 4.78 is 0. The monoisotopic (exact) mass is 204 g/mol. The highest BCUT2D eigenvalue weighted by Gasteiger charge is 2.18. The first-order valence-corrected chi connectivity index (χ1v) is 5.58. The maximum absolute atomic E-state index is 5.52. The van der Waals surface area contributed by atoms with Crippen molar-refractivity contribution >= 4 is 11.6 Å². The van der Waals surface area contributed by atoms with Crippen molar-refractivity contribution in [3.05, 3.63) is 35.4 Å². The summed E-state index contributed by atoms with van der Waals surface area (Å²) in [6.07, 6.45) is 4.06. The molecular weight excluding hydrogens is 192 g/mol. The van der Waals surface area contributed by atoms with Gasteiger partial charge in [-0.05, 0) is 36.5 Å². The number of alkyl halides is 1. The molecule has 0 nitrogen and oxygen atoms in total. The molecule has 1 heteroatoms. The van der Waals surface area contributed by atoms with Gasteiger partial charge in [0, 0.05) is 5.56 Å². The Morgan fingerprint density at radius 2 is 2.21 bits per heavy atom. The molecule has 2 rings (SSSR count). The van der Waals surface area contributed by atoms with E-state index in [1.54, 1.807) is 0 Å². The van der Waals surface area contributed by atoms with Crippen LogP contribution in [0.4, 0.5) is 0 Å². The quantitative estimate of drug-likeness (QED) is 0.485. The van der Waals surface area contributed by atoms with Crippen LogP contribution in [0.1, 0.15) is 36.3 Å². The van der Waals surface area contributed by atoms with Crippen LogP contribution in [0, 0.1) is 11.8 Å². The zero-order valence-electron chi connectivity index (χ0n) is 8.09. The number of benzene rings is 1. The molecule has 1 fully saturated rings. The molecule has 0 N–H and O–H groups in total. The maximum Gasteiger partial charge on any atom is 0.0839 e. The summed E-state index contributed by atoms with van der Waals surface area (Å²) in [5.41, 5.74) is 2.53. The Labute approximate surface area is 90.3 Å². The van der Waals surface area contributed by atoms with E-state index in [-0.39, 0.29) is 0 Å². The first-order chi connectivity index (χ1) is 6.90. The van der Waals surface area contributed by atoms with Gasteiger partial charge in [-0.15, -0.1) is 11.6 Å². The molecule has 1 aliphatic carbocycles. The van der Waals surface area contributed by atoms with Crippen LogP contribution < -0.4 is 0 Å². The molecule has 0 heterocycles. The molecule has 1 saturated carbocycles. The highest BCUT2D eigenvalue weighted by molar-refractivity contribution is 6.19. The molecule has 0 spiro atoms. The molecule has 1 aliphatic rings. The van der Waals surface area contributed by atoms with Gasteiger partial charge in [-0.3, -0.25) is 0 Å². The summed E-state index contributed by atoms with van der Waals surface area (Å²) >= 11 is 5.52. The molecular formula is C13H13Cl. The number of hydrogen-bond donors (Lipinski definition) is 0. The van der Waals surface area contributed by atoms with Crippen LogP contribution in [0.5, 0.6) is 0 Å². The van der Waals surface area contributed by atoms with E-state index in [9.17, 15) is 0 Å². The van der Waals surface area contributed by atoms with E-state index in [0.717, 1.165) is 11.5 Å². The van der Waals surface area contributed by atoms with Crippen molar-refractivity contribution in [1.82, 2.24) is 0 Å². The lowest BCUT2D eigenvalue weighted by molar-refractivity contribution is 0.420. The Morgan fingerprint density at radius 3 is 2.86 bits per heavy atom. The van der Waals surface area contributed by atoms with Crippen molar-refractivity contribution in [2.75, 3.05) is 5.88 Å². The van der Waals surface area contributed by atoms with E-state index in [1.165, 1.54) is 24.8 Å². The first kappa shape index (κ1) is 9.62. The summed E-state index contributed by atoms with van der Waals surface area (Å²) in [5.74, 6) is 7.13. The van der Waals surface area contributed by atoms with Crippen molar-refractivity contribution < 1.29 is 0 Å². The van der Waals surface area contributed by atoms with Crippen molar-refractivity contribution in [1.29, 1.82) is 0 Å². The van der Waals surface area contributed by atoms with Gasteiger partial charge in [-0.1, -0.05) is 30.4 Å². The summed E-state index contributed by atoms with van der Waals surface area (Å²) in [6.45, 7) is 0. The molecule has 14 heavy (non-hydrogen) atoms. The minimum absolute atomic E-state index is 0.410. The Kier molecular flexibility index (Phi) is 3.11. The zero-order chi connectivity index (χ0) is 9.80. The first-order valence-electron chi connectivity index (χ1n) is 5.05. The summed E-state index contributed by atoms with van der Waals surface area (Å²) in [5, 5.41) is 0. The van der Waals surface area contributed by atoms with E-state index in [4.69, 9.17) is 11.6 Å². The van der Waals surface area contributed by atoms with Crippen molar-refractivity contribution in [2.24, 2.45) is 0 Å². The molecule has 0 unspecified atom stereocenters. The smallest absolute Gasteiger partial charge is 0.0839 e. The van der Waals surface area contributed by atoms with E-state index in [0.29, 0.717) is 5.88 Å². The second-order valence-corrected chi connectivity index (χ2v) is 3.96. The van der Waals surface area contributed by atoms with Gasteiger partial charge >= 0.3 is 0 Å². The fourth-order valence-corrected chi connectivity index (χ4v) is 1.81. The van der Waals surface area contributed by atoms with Crippen LogP contribution in [-0.4, -0.2) is 5.88 Å². The second kappa shape index (κ2) is 4.53. The molecule has 0 aliphatic heterocycles. The third-order valence-corrected chi connectivity index (χ3v) is 2.90. The predicted octanol–water partition coefficient (Wildman–Crippen LogP) is 3.54. The fraction of sp³-hybridized carbons (Fsp3) is 0.385. The molecule has 0 aromatic heterocycles. The molecule has 0 saturated heterocycles. The highest BCUT2D eigenvalue weighted by Crippen LogP contribution is 2.36. The number of halogens is 1. The van der Waals surface area contributed by atoms with Crippen LogP contribution in [0.15, 0.2) is 24.3 Å². The minimum Gasteiger partial charge on any atom is -0.113 e. The van der Waals surface area contributed by atoms with Gasteiger partial charge in [0.05, 0.1) is 5.88 Å². The Balaban J connectivity index is 2.17. The lowest BCUT2D eigenvalue weighted by Gasteiger charge is -2.25. The molecule has 72 valence electrons. The van der Waals surface area contributed by atoms with Gasteiger partial charge in [-0.25, -0.2) is 0 Å². The lowest BCUT2D eigenvalue weighted by atomic mass is 9.80. The predicted molar refractivity (Wildman–Crippen MR) is 60.6 cm³/mol. The van der Waals surface area contributed by atoms with Gasteiger partial charge in [0.2, 0.25) is 0 Å². The van der Waals surface area contributed by atoms with E-state index < -0.39 is 0 Å². The van der Waals surface area contributed by atoms with Gasteiger partial charge in [0.25, 0.3) is 0 Å². The van der Waals surface area contributed by atoms with Crippen LogP contribution in [0.25, 0.3) is 0 Å². The standard InChI is InChI=1S/C13H13Cl/c14-9-3-5-11-4-1-8-13(10-11)12-6-2-7-12/h1,4,8,10,12H,2,6-7,9H2. The summed E-state index contributed by atoms with van der Waals surface area (Å²) in [6, 6.07) is 8.53. The third-order valence-electron chi connectivity index (χ3n) is 2.76. The minimum atomic E-state index is 0.410. The topological polar surface area (TPSA) is 0 Å². The molecule has 1 aromatic carbocycles. The number of hydrogen-bond acceptors (Lipinski definition) is 0. The molecule has 1 aromatic rings. The van der Waals surface area contributed by atoms with Crippen LogP contribution in [0.2, 0.25) is 0 Å². The van der Waals surface area contributed by atoms with E-state index in [2.05, 4.69) is 30.0 Å². The average Bonchev–Trinajstić information content (AvgIpc) is 2.13. The van der Waals surface area contributed by atoms with E-state index in [1.807, 2.05) is 6.07 Å². The molecule has 0 amide bonds. The Morgan fingerprint density at radius 1 is 1.36 bits per heavy atom. The maximum atomic E-state index is 5.52. The largest absolute Gasteiger partial charge is 0.113 e. The van der Waals surface area contributed by atoms with E-state index >= 15 is 0 Å². The SMILES string of the molecule is ClCC#Cc1cccc(C2CCC2)c1. The highest BCUT2D eigenvalue weighted by atomic mass is 35.5. The molecule has 0 bridgehead atoms. The van der Waals surface area contributed by atoms with Crippen LogP contribution in [-0.2, 0) is 0 Å². The van der Waals surface area contributed by atoms with Crippen LogP contribution >= 0.6 is 11.6 Å². The normalized spacial score (nSPS) is 15.5. The van der Waals surface area contributed by atoms with Crippen molar-refractivity contribution in [3.63, 3.8) is 0 Å². The Hall–Kier alpha value is -0.930. The van der Waals surface area contributed by atoms with Gasteiger partial charge < -0.3 is 0 Å². The number of rotatable bonds is 1. The van der Waals surface area contributed by atoms with Crippen molar-refractivity contribution in [3.8, 4) is 11.8 Å². The summed E-state index contributed by atoms with van der Waals surface area (Å²) in [4.78, 5) is 0.